The Kier molecular flexibility index (Phi) is 8.15. The molecular weight excluding hydrogens is 627 g/mol. The first kappa shape index (κ1) is 30.5. The predicted molar refractivity (Wildman–Crippen MR) is 169 cm³/mol. The summed E-state index contributed by atoms with van der Waals surface area (Å²) >= 11 is 2.65. The third kappa shape index (κ3) is 5.46. The number of nitroso groups, excluding NO2 is 1. The Morgan fingerprint density at radius 3 is 2.64 bits per heavy atom. The molecule has 2 aromatic rings. The average molecular weight is 656 g/mol. The lowest BCUT2D eigenvalue weighted by atomic mass is 9.85. The molecule has 2 heterocycles. The van der Waals surface area contributed by atoms with Crippen LogP contribution in [0.5, 0.6) is 5.75 Å². The highest BCUT2D eigenvalue weighted by Crippen LogP contribution is 2.61. The zero-order chi connectivity index (χ0) is 31.2. The number of allylic oxidation sites excluding steroid dienone is 7. The molecule has 5 atom stereocenters. The Morgan fingerprint density at radius 2 is 1.89 bits per heavy atom. The van der Waals surface area contributed by atoms with Gasteiger partial charge in [-0.2, -0.15) is 0 Å². The molecule has 12 heteroatoms. The summed E-state index contributed by atoms with van der Waals surface area (Å²) in [6.45, 7) is 3.65. The van der Waals surface area contributed by atoms with Crippen LogP contribution in [0.4, 0.5) is 8.78 Å². The van der Waals surface area contributed by atoms with E-state index in [-0.39, 0.29) is 11.5 Å². The van der Waals surface area contributed by atoms with Crippen molar-refractivity contribution in [1.29, 1.82) is 0 Å². The number of ether oxygens (including phenoxy) is 2. The molecule has 44 heavy (non-hydrogen) atoms. The molecule has 0 fully saturated rings. The largest absolute Gasteiger partial charge is 0.599 e. The number of methoxy groups -OCH3 is 2. The maximum absolute atomic E-state index is 14.7. The van der Waals surface area contributed by atoms with E-state index in [1.165, 1.54) is 56.0 Å². The fourth-order valence-electron chi connectivity index (χ4n) is 5.53. The van der Waals surface area contributed by atoms with Crippen molar-refractivity contribution in [3.05, 3.63) is 117 Å². The maximum atomic E-state index is 14.7. The Labute approximate surface area is 262 Å². The molecule has 228 valence electrons. The summed E-state index contributed by atoms with van der Waals surface area (Å²) in [5.41, 5.74) is 1.71. The van der Waals surface area contributed by atoms with E-state index in [0.717, 1.165) is 0 Å². The zero-order valence-electron chi connectivity index (χ0n) is 24.2. The second kappa shape index (κ2) is 11.8. The fourth-order valence-corrected chi connectivity index (χ4v) is 9.11. The van der Waals surface area contributed by atoms with Crippen molar-refractivity contribution in [2.24, 2.45) is 16.8 Å². The Hall–Kier alpha value is -3.53. The van der Waals surface area contributed by atoms with Gasteiger partial charge in [0.15, 0.2) is 0 Å². The fraction of sp³-hybridized carbons (Fsp3) is 0.250. The van der Waals surface area contributed by atoms with Gasteiger partial charge < -0.3 is 18.5 Å². The van der Waals surface area contributed by atoms with Crippen molar-refractivity contribution in [2.75, 3.05) is 14.2 Å². The van der Waals surface area contributed by atoms with E-state index in [1.807, 2.05) is 13.0 Å². The highest BCUT2D eigenvalue weighted by atomic mass is 32.2. The third-order valence-electron chi connectivity index (χ3n) is 7.79. The van der Waals surface area contributed by atoms with Gasteiger partial charge in [0.05, 0.1) is 34.7 Å². The van der Waals surface area contributed by atoms with E-state index < -0.39 is 36.3 Å². The molecule has 2 aromatic carbocycles. The molecule has 7 nitrogen and oxygen atoms in total. The zero-order valence-corrected chi connectivity index (χ0v) is 26.7. The van der Waals surface area contributed by atoms with Crippen LogP contribution in [0.3, 0.4) is 0 Å². The summed E-state index contributed by atoms with van der Waals surface area (Å²) in [5.74, 6) is -0.178. The summed E-state index contributed by atoms with van der Waals surface area (Å²) in [7, 11) is -1.74. The van der Waals surface area contributed by atoms with E-state index in [0.29, 0.717) is 42.9 Å². The molecular formula is C32H28F2NO6PS2. The van der Waals surface area contributed by atoms with E-state index in [4.69, 9.17) is 18.5 Å². The van der Waals surface area contributed by atoms with Crippen LogP contribution in [0.25, 0.3) is 11.8 Å². The summed E-state index contributed by atoms with van der Waals surface area (Å²) in [6.07, 6.45) is 10.7. The minimum Gasteiger partial charge on any atom is -0.500 e. The molecule has 6 rings (SSSR count). The molecule has 0 saturated heterocycles. The lowest BCUT2D eigenvalue weighted by Gasteiger charge is -2.38. The minimum atomic E-state index is -4.79. The number of hydrogen-bond donors (Lipinski definition) is 0. The van der Waals surface area contributed by atoms with Gasteiger partial charge in [-0.25, -0.2) is 13.3 Å². The van der Waals surface area contributed by atoms with E-state index in [2.05, 4.69) is 4.95 Å². The van der Waals surface area contributed by atoms with Gasteiger partial charge in [0.25, 0.3) is 0 Å². The number of halogens is 2. The van der Waals surface area contributed by atoms with Crippen LogP contribution in [0.1, 0.15) is 25.0 Å². The number of thioether (sulfide) groups is 2. The first-order chi connectivity index (χ1) is 21.1. The second-order valence-corrected chi connectivity index (χ2v) is 14.7. The van der Waals surface area contributed by atoms with Crippen molar-refractivity contribution in [3.8, 4) is 5.75 Å². The van der Waals surface area contributed by atoms with Crippen LogP contribution in [0.15, 0.2) is 110 Å². The van der Waals surface area contributed by atoms with Crippen molar-refractivity contribution >= 4 is 43.1 Å². The quantitative estimate of drug-likeness (QED) is 0.215. The highest BCUT2D eigenvalue weighted by Gasteiger charge is 2.48. The van der Waals surface area contributed by atoms with Crippen molar-refractivity contribution in [1.82, 2.24) is 0 Å². The molecule has 5 unspecified atom stereocenters. The van der Waals surface area contributed by atoms with Crippen molar-refractivity contribution in [2.45, 2.75) is 34.6 Å². The normalized spacial score (nSPS) is 26.6. The number of alkyl halides is 1. The standard InChI is InChI=1S/C32H28F2NO6PS2/c1-18-13-20-15-26(22-7-5-9-25(38-3)31(22)43-28(20)17-24(18)34)40-42(37,35-36)41-27-14-19-11-12-21(33)16-29(19)44-32(2)23(27)8-6-10-30(32)39-4/h5-18,23-24H,1-4H3. The lowest BCUT2D eigenvalue weighted by molar-refractivity contribution is 0.226. The van der Waals surface area contributed by atoms with Crippen molar-refractivity contribution in [3.63, 3.8) is 0 Å². The Balaban J connectivity index is 1.44. The van der Waals surface area contributed by atoms with Crippen LogP contribution in [0.2, 0.25) is 0 Å². The van der Waals surface area contributed by atoms with Crippen LogP contribution >= 0.6 is 31.3 Å². The lowest BCUT2D eigenvalue weighted by Crippen LogP contribution is -2.35. The summed E-state index contributed by atoms with van der Waals surface area (Å²) in [6, 6.07) is 9.50. The first-order valence-electron chi connectivity index (χ1n) is 13.7. The molecule has 0 N–H and O–H groups in total. The van der Waals surface area contributed by atoms with Gasteiger partial charge in [-0.15, -0.1) is 16.7 Å². The second-order valence-electron chi connectivity index (χ2n) is 10.7. The van der Waals surface area contributed by atoms with Gasteiger partial charge in [0, 0.05) is 21.3 Å². The molecule has 0 spiro atoms. The summed E-state index contributed by atoms with van der Waals surface area (Å²) in [5, 5.41) is 0. The van der Waals surface area contributed by atoms with Gasteiger partial charge >= 0.3 is 7.75 Å². The highest BCUT2D eigenvalue weighted by molar-refractivity contribution is 8.03. The van der Waals surface area contributed by atoms with Crippen LogP contribution in [0, 0.1) is 22.6 Å². The number of benzene rings is 2. The topological polar surface area (TPSA) is 83.4 Å². The number of rotatable bonds is 7. The van der Waals surface area contributed by atoms with E-state index in [1.54, 1.807) is 61.6 Å². The number of fused-ring (bicyclic) bond motifs is 4. The molecule has 0 bridgehead atoms. The predicted octanol–water partition coefficient (Wildman–Crippen LogP) is 9.61. The number of nitrogens with zero attached hydrogens (tertiary/aromatic N) is 1. The molecule has 0 amide bonds. The molecule has 2 aliphatic heterocycles. The van der Waals surface area contributed by atoms with Gasteiger partial charge in [-0.3, -0.25) is 0 Å². The van der Waals surface area contributed by atoms with E-state index in [9.17, 15) is 18.3 Å². The van der Waals surface area contributed by atoms with Crippen LogP contribution < -0.4 is 4.74 Å². The van der Waals surface area contributed by atoms with E-state index >= 15 is 0 Å². The Morgan fingerprint density at radius 1 is 1.07 bits per heavy atom. The first-order valence-corrected chi connectivity index (χ1v) is 16.8. The average Bonchev–Trinajstić information content (AvgIpc) is 3.21. The monoisotopic (exact) mass is 655 g/mol. The molecule has 0 radical (unpaired) electrons. The maximum Gasteiger partial charge on any atom is 0.599 e. The summed E-state index contributed by atoms with van der Waals surface area (Å²) < 4.78 is 65.6. The molecule has 4 aliphatic rings. The molecule has 2 aliphatic carbocycles. The third-order valence-corrected chi connectivity index (χ3v) is 11.5. The van der Waals surface area contributed by atoms with Gasteiger partial charge in [0.2, 0.25) is 0 Å². The Bertz CT molecular complexity index is 1780. The van der Waals surface area contributed by atoms with Gasteiger partial charge in [-0.1, -0.05) is 49.0 Å². The number of hydrogen-bond acceptors (Lipinski definition) is 8. The summed E-state index contributed by atoms with van der Waals surface area (Å²) in [4.78, 5) is 17.1. The minimum absolute atomic E-state index is 0.0546. The van der Waals surface area contributed by atoms with Crippen LogP contribution in [-0.2, 0) is 18.3 Å². The van der Waals surface area contributed by atoms with Gasteiger partial charge in [0.1, 0.15) is 35.0 Å². The smallest absolute Gasteiger partial charge is 0.500 e. The van der Waals surface area contributed by atoms with Crippen LogP contribution in [-0.4, -0.2) is 25.1 Å². The van der Waals surface area contributed by atoms with Gasteiger partial charge in [-0.05, 0) is 66.6 Å². The molecule has 0 aromatic heterocycles. The SMILES string of the molecule is COC1=CC=CC2C(OP(=O)(N=O)OC3=CC4=CC(C)C(F)C=C4Sc4c(OC)cccc43)=Cc3ccc(F)cc3SC12C. The molecule has 0 saturated carbocycles. The van der Waals surface area contributed by atoms with Crippen molar-refractivity contribution < 1.29 is 31.9 Å².